The molecule has 0 aliphatic heterocycles. The number of carbonyl (C=O) groups is 1. The zero-order valence-corrected chi connectivity index (χ0v) is 11.7. The van der Waals surface area contributed by atoms with Crippen LogP contribution in [-0.2, 0) is 6.54 Å². The van der Waals surface area contributed by atoms with Gasteiger partial charge < -0.3 is 16.2 Å². The van der Waals surface area contributed by atoms with E-state index in [0.29, 0.717) is 5.56 Å². The number of rotatable bonds is 4. The summed E-state index contributed by atoms with van der Waals surface area (Å²) in [5.41, 5.74) is 6.19. The molecule has 0 atom stereocenters. The highest BCUT2D eigenvalue weighted by Crippen LogP contribution is 2.14. The molecule has 4 N–H and O–H groups in total. The van der Waals surface area contributed by atoms with E-state index in [1.807, 2.05) is 0 Å². The van der Waals surface area contributed by atoms with Crippen LogP contribution in [0.3, 0.4) is 0 Å². The molecule has 1 amide bonds. The van der Waals surface area contributed by atoms with Crippen LogP contribution in [-0.4, -0.2) is 21.0 Å². The predicted molar refractivity (Wildman–Crippen MR) is 79.4 cm³/mol. The third kappa shape index (κ3) is 3.51. The van der Waals surface area contributed by atoms with Gasteiger partial charge in [-0.15, -0.1) is 0 Å². The Balaban J connectivity index is 2.08. The first kappa shape index (κ1) is 14.9. The Bertz CT molecular complexity index is 706. The Morgan fingerprint density at radius 3 is 2.81 bits per heavy atom. The van der Waals surface area contributed by atoms with E-state index in [9.17, 15) is 14.3 Å². The van der Waals surface area contributed by atoms with Crippen molar-refractivity contribution in [3.05, 3.63) is 59.2 Å². The maximum Gasteiger partial charge on any atom is 0.255 e. The van der Waals surface area contributed by atoms with Crippen LogP contribution in [0.25, 0.3) is 0 Å². The average molecular weight is 305 g/mol. The number of aromatic nitrogens is 1. The molecule has 0 saturated heterocycles. The number of nitrogens with zero attached hydrogens (tertiary/aromatic N) is 1. The lowest BCUT2D eigenvalue weighted by molar-refractivity contribution is 0.0948. The van der Waals surface area contributed by atoms with E-state index in [0.717, 1.165) is 6.20 Å². The first-order valence-corrected chi connectivity index (χ1v) is 6.39. The van der Waals surface area contributed by atoms with Gasteiger partial charge in [-0.25, -0.2) is 4.39 Å². The summed E-state index contributed by atoms with van der Waals surface area (Å²) in [4.78, 5) is 15.6. The molecule has 0 aliphatic carbocycles. The van der Waals surface area contributed by atoms with Crippen molar-refractivity contribution in [1.82, 2.24) is 10.3 Å². The standard InChI is InChI=1S/C14H12FN3O2S/c15-11-5-8(13(16)21)1-2-9(11)6-18-14(20)10-3-4-17-7-12(10)19/h1-5,7,19H,6H2,(H2,16,21)(H,18,20). The minimum Gasteiger partial charge on any atom is -0.505 e. The lowest BCUT2D eigenvalue weighted by Crippen LogP contribution is -2.23. The molecule has 1 aromatic carbocycles. The fourth-order valence-electron chi connectivity index (χ4n) is 1.69. The van der Waals surface area contributed by atoms with Crippen LogP contribution in [0.5, 0.6) is 5.75 Å². The molecule has 1 aromatic heterocycles. The Morgan fingerprint density at radius 2 is 2.19 bits per heavy atom. The largest absolute Gasteiger partial charge is 0.505 e. The second kappa shape index (κ2) is 6.27. The van der Waals surface area contributed by atoms with Gasteiger partial charge in [-0.1, -0.05) is 24.4 Å². The van der Waals surface area contributed by atoms with Gasteiger partial charge in [-0.3, -0.25) is 9.78 Å². The molecule has 0 spiro atoms. The summed E-state index contributed by atoms with van der Waals surface area (Å²) in [6, 6.07) is 5.66. The van der Waals surface area contributed by atoms with Crippen LogP contribution < -0.4 is 11.1 Å². The van der Waals surface area contributed by atoms with Gasteiger partial charge in [0, 0.05) is 23.9 Å². The van der Waals surface area contributed by atoms with Crippen molar-refractivity contribution in [3.63, 3.8) is 0 Å². The second-order valence-corrected chi connectivity index (χ2v) is 4.69. The molecule has 5 nitrogen and oxygen atoms in total. The molecular weight excluding hydrogens is 293 g/mol. The number of nitrogens with two attached hydrogens (primary N) is 1. The molecule has 21 heavy (non-hydrogen) atoms. The fourth-order valence-corrected chi connectivity index (χ4v) is 1.82. The number of carbonyl (C=O) groups excluding carboxylic acids is 1. The van der Waals surface area contributed by atoms with Crippen molar-refractivity contribution in [2.24, 2.45) is 5.73 Å². The maximum absolute atomic E-state index is 13.8. The highest BCUT2D eigenvalue weighted by atomic mass is 32.1. The molecule has 7 heteroatoms. The lowest BCUT2D eigenvalue weighted by atomic mass is 10.1. The minimum atomic E-state index is -0.521. The molecule has 1 heterocycles. The molecule has 0 unspecified atom stereocenters. The number of amides is 1. The third-order valence-corrected chi connectivity index (χ3v) is 3.06. The van der Waals surface area contributed by atoms with Crippen LogP contribution in [0, 0.1) is 5.82 Å². The monoisotopic (exact) mass is 305 g/mol. The molecule has 2 rings (SSSR count). The highest BCUT2D eigenvalue weighted by molar-refractivity contribution is 7.80. The Kier molecular flexibility index (Phi) is 4.44. The Labute approximate surface area is 125 Å². The highest BCUT2D eigenvalue weighted by Gasteiger charge is 2.12. The number of halogens is 1. The Hall–Kier alpha value is -2.54. The van der Waals surface area contributed by atoms with Crippen LogP contribution in [0.2, 0.25) is 0 Å². The van der Waals surface area contributed by atoms with Crippen LogP contribution in [0.15, 0.2) is 36.7 Å². The first-order valence-electron chi connectivity index (χ1n) is 5.98. The van der Waals surface area contributed by atoms with Gasteiger partial charge in [0.1, 0.15) is 16.6 Å². The molecule has 108 valence electrons. The molecule has 2 aromatic rings. The number of benzene rings is 1. The van der Waals surface area contributed by atoms with Crippen molar-refractivity contribution in [3.8, 4) is 5.75 Å². The molecule has 0 fully saturated rings. The van der Waals surface area contributed by atoms with E-state index in [4.69, 9.17) is 18.0 Å². The van der Waals surface area contributed by atoms with E-state index in [-0.39, 0.29) is 28.4 Å². The van der Waals surface area contributed by atoms with Gasteiger partial charge in [-0.2, -0.15) is 0 Å². The SMILES string of the molecule is NC(=S)c1ccc(CNC(=O)c2ccncc2O)c(F)c1. The minimum absolute atomic E-state index is 0.0238. The summed E-state index contributed by atoms with van der Waals surface area (Å²) in [5.74, 6) is -1.27. The van der Waals surface area contributed by atoms with Crippen LogP contribution in [0.1, 0.15) is 21.5 Å². The number of nitrogens with one attached hydrogen (secondary N) is 1. The van der Waals surface area contributed by atoms with E-state index in [1.54, 1.807) is 6.07 Å². The summed E-state index contributed by atoms with van der Waals surface area (Å²) in [5, 5.41) is 12.0. The zero-order valence-electron chi connectivity index (χ0n) is 10.8. The molecule has 0 saturated carbocycles. The van der Waals surface area contributed by atoms with Crippen molar-refractivity contribution in [2.45, 2.75) is 6.54 Å². The van der Waals surface area contributed by atoms with Crippen LogP contribution >= 0.6 is 12.2 Å². The molecular formula is C14H12FN3O2S. The van der Waals surface area contributed by atoms with E-state index in [2.05, 4.69) is 10.3 Å². The Morgan fingerprint density at radius 1 is 1.43 bits per heavy atom. The normalized spacial score (nSPS) is 10.1. The molecule has 0 bridgehead atoms. The predicted octanol–water partition coefficient (Wildman–Crippen LogP) is 1.49. The first-order chi connectivity index (χ1) is 9.99. The molecule has 0 radical (unpaired) electrons. The quantitative estimate of drug-likeness (QED) is 0.745. The number of hydrogen-bond donors (Lipinski definition) is 3. The summed E-state index contributed by atoms with van der Waals surface area (Å²) in [6.07, 6.45) is 2.54. The number of aromatic hydroxyl groups is 1. The van der Waals surface area contributed by atoms with Gasteiger partial charge in [0.25, 0.3) is 5.91 Å². The summed E-state index contributed by atoms with van der Waals surface area (Å²) < 4.78 is 13.8. The van der Waals surface area contributed by atoms with Crippen molar-refractivity contribution < 1.29 is 14.3 Å². The van der Waals surface area contributed by atoms with Gasteiger partial charge in [0.15, 0.2) is 0 Å². The topological polar surface area (TPSA) is 88.2 Å². The zero-order chi connectivity index (χ0) is 15.4. The number of thiocarbonyl (C=S) groups is 1. The fraction of sp³-hybridized carbons (Fsp3) is 0.0714. The van der Waals surface area contributed by atoms with E-state index < -0.39 is 11.7 Å². The summed E-state index contributed by atoms with van der Waals surface area (Å²) in [7, 11) is 0. The summed E-state index contributed by atoms with van der Waals surface area (Å²) in [6.45, 7) is -0.0238. The molecule has 0 aliphatic rings. The van der Waals surface area contributed by atoms with E-state index in [1.165, 1.54) is 24.4 Å². The van der Waals surface area contributed by atoms with Crippen LogP contribution in [0.4, 0.5) is 4.39 Å². The van der Waals surface area contributed by atoms with Crippen molar-refractivity contribution >= 4 is 23.1 Å². The van der Waals surface area contributed by atoms with E-state index >= 15 is 0 Å². The smallest absolute Gasteiger partial charge is 0.255 e. The van der Waals surface area contributed by atoms with Crippen molar-refractivity contribution in [1.29, 1.82) is 0 Å². The van der Waals surface area contributed by atoms with Gasteiger partial charge >= 0.3 is 0 Å². The van der Waals surface area contributed by atoms with Crippen molar-refractivity contribution in [2.75, 3.05) is 0 Å². The second-order valence-electron chi connectivity index (χ2n) is 4.25. The lowest BCUT2D eigenvalue weighted by Gasteiger charge is -2.08. The number of pyridine rings is 1. The summed E-state index contributed by atoms with van der Waals surface area (Å²) >= 11 is 4.76. The van der Waals surface area contributed by atoms with Gasteiger partial charge in [0.05, 0.1) is 11.8 Å². The van der Waals surface area contributed by atoms with Gasteiger partial charge in [-0.05, 0) is 12.1 Å². The number of hydrogen-bond acceptors (Lipinski definition) is 4. The van der Waals surface area contributed by atoms with Gasteiger partial charge in [0.2, 0.25) is 0 Å². The maximum atomic E-state index is 13.8. The third-order valence-electron chi connectivity index (χ3n) is 2.82. The average Bonchev–Trinajstić information content (AvgIpc) is 2.46.